The molecule has 0 bridgehead atoms. The lowest BCUT2D eigenvalue weighted by Gasteiger charge is -2.32. The number of piperidine rings is 1. The topological polar surface area (TPSA) is 72.6 Å². The highest BCUT2D eigenvalue weighted by Crippen LogP contribution is 2.21. The van der Waals surface area contributed by atoms with Crippen molar-refractivity contribution in [3.05, 3.63) is 40.7 Å². The number of hydrogen-bond acceptors (Lipinski definition) is 6. The number of aromatic nitrogens is 4. The summed E-state index contributed by atoms with van der Waals surface area (Å²) in [5.41, 5.74) is 1.28. The number of ether oxygens (including phenoxy) is 1. The lowest BCUT2D eigenvalue weighted by Crippen LogP contribution is -2.41. The molecule has 0 atom stereocenters. The summed E-state index contributed by atoms with van der Waals surface area (Å²) in [4.78, 5) is 15.3. The zero-order valence-corrected chi connectivity index (χ0v) is 17.1. The third-order valence-corrected chi connectivity index (χ3v) is 6.10. The summed E-state index contributed by atoms with van der Waals surface area (Å²) in [5, 5.41) is 13.5. The monoisotopic (exact) mass is 399 g/mol. The van der Waals surface area contributed by atoms with Crippen LogP contribution in [0.1, 0.15) is 42.6 Å². The number of fused-ring (bicyclic) bond motifs is 1. The number of aryl methyl sites for hydroxylation is 3. The van der Waals surface area contributed by atoms with E-state index < -0.39 is 0 Å². The number of hydrogen-bond donors (Lipinski definition) is 0. The Morgan fingerprint density at radius 1 is 1.29 bits per heavy atom. The molecule has 3 aromatic rings. The third-order valence-electron chi connectivity index (χ3n) is 5.15. The predicted molar refractivity (Wildman–Crippen MR) is 108 cm³/mol. The summed E-state index contributed by atoms with van der Waals surface area (Å²) in [6.07, 6.45) is 4.06. The maximum atomic E-state index is 12.6. The van der Waals surface area contributed by atoms with E-state index in [1.54, 1.807) is 4.52 Å². The zero-order valence-electron chi connectivity index (χ0n) is 16.3. The molecule has 1 aliphatic rings. The molecule has 0 aliphatic carbocycles. The smallest absolute Gasteiger partial charge is 0.234 e. The van der Waals surface area contributed by atoms with Gasteiger partial charge in [0, 0.05) is 38.8 Å². The Bertz CT molecular complexity index is 959. The van der Waals surface area contributed by atoms with Gasteiger partial charge in [-0.15, -0.1) is 10.2 Å². The van der Waals surface area contributed by atoms with E-state index in [4.69, 9.17) is 4.74 Å². The van der Waals surface area contributed by atoms with E-state index in [2.05, 4.69) is 34.4 Å². The lowest BCUT2D eigenvalue weighted by molar-refractivity contribution is -0.132. The molecule has 3 heterocycles. The van der Waals surface area contributed by atoms with Gasteiger partial charge < -0.3 is 9.64 Å². The van der Waals surface area contributed by atoms with Crippen molar-refractivity contribution in [2.24, 2.45) is 0 Å². The summed E-state index contributed by atoms with van der Waals surface area (Å²) in [5.74, 6) is 1.90. The van der Waals surface area contributed by atoms with Crippen LogP contribution in [0.25, 0.3) is 4.96 Å². The van der Waals surface area contributed by atoms with E-state index in [-0.39, 0.29) is 12.0 Å². The van der Waals surface area contributed by atoms with Crippen LogP contribution >= 0.6 is 11.3 Å². The second-order valence-corrected chi connectivity index (χ2v) is 8.18. The van der Waals surface area contributed by atoms with Crippen LogP contribution in [-0.4, -0.2) is 49.8 Å². The average Bonchev–Trinajstić information content (AvgIpc) is 3.28. The molecule has 0 saturated carbocycles. The van der Waals surface area contributed by atoms with E-state index in [0.717, 1.165) is 53.9 Å². The van der Waals surface area contributed by atoms with Gasteiger partial charge >= 0.3 is 0 Å². The normalized spacial score (nSPS) is 15.3. The fourth-order valence-corrected chi connectivity index (χ4v) is 4.36. The quantitative estimate of drug-likeness (QED) is 0.637. The van der Waals surface area contributed by atoms with E-state index in [1.165, 1.54) is 16.9 Å². The fraction of sp³-hybridized carbons (Fsp3) is 0.500. The summed E-state index contributed by atoms with van der Waals surface area (Å²) >= 11 is 1.50. The molecular weight excluding hydrogens is 374 g/mol. The van der Waals surface area contributed by atoms with Crippen molar-refractivity contribution in [2.45, 2.75) is 52.1 Å². The second-order valence-electron chi connectivity index (χ2n) is 7.14. The first-order chi connectivity index (χ1) is 13.6. The molecule has 148 valence electrons. The van der Waals surface area contributed by atoms with Gasteiger partial charge in [-0.1, -0.05) is 30.4 Å². The largest absolute Gasteiger partial charge is 0.490 e. The highest BCUT2D eigenvalue weighted by atomic mass is 32.1. The number of carbonyl (C=O) groups is 1. The van der Waals surface area contributed by atoms with Crippen molar-refractivity contribution >= 4 is 22.2 Å². The Balaban J connectivity index is 1.25. The van der Waals surface area contributed by atoms with Crippen LogP contribution in [-0.2, 0) is 17.6 Å². The Labute approximate surface area is 168 Å². The minimum absolute atomic E-state index is 0.179. The molecule has 1 fully saturated rings. The minimum Gasteiger partial charge on any atom is -0.490 e. The first-order valence-corrected chi connectivity index (χ1v) is 10.6. The number of benzene rings is 1. The Hall–Kier alpha value is -2.48. The van der Waals surface area contributed by atoms with Crippen molar-refractivity contribution < 1.29 is 9.53 Å². The van der Waals surface area contributed by atoms with E-state index in [0.29, 0.717) is 12.8 Å². The van der Waals surface area contributed by atoms with Gasteiger partial charge in [0.25, 0.3) is 0 Å². The third kappa shape index (κ3) is 4.16. The van der Waals surface area contributed by atoms with Gasteiger partial charge in [0.15, 0.2) is 5.82 Å². The number of amides is 1. The second kappa shape index (κ2) is 8.26. The highest BCUT2D eigenvalue weighted by Gasteiger charge is 2.24. The van der Waals surface area contributed by atoms with Crippen LogP contribution in [0.5, 0.6) is 5.75 Å². The maximum Gasteiger partial charge on any atom is 0.234 e. The minimum atomic E-state index is 0.179. The molecule has 1 aliphatic heterocycles. The fourth-order valence-electron chi connectivity index (χ4n) is 3.48. The summed E-state index contributed by atoms with van der Waals surface area (Å²) in [7, 11) is 0. The van der Waals surface area contributed by atoms with Gasteiger partial charge in [-0.2, -0.15) is 9.61 Å². The van der Waals surface area contributed by atoms with Crippen LogP contribution in [0.2, 0.25) is 0 Å². The standard InChI is InChI=1S/C20H25N5O2S/c1-3-15-5-4-6-17(13-15)27-16-9-11-24(12-10-16)19(26)8-7-18-23-25-14(2)21-22-20(25)28-18/h4-6,13,16H,3,7-12H2,1-2H3. The molecule has 0 N–H and O–H groups in total. The van der Waals surface area contributed by atoms with Crippen molar-refractivity contribution in [1.29, 1.82) is 0 Å². The Kier molecular flexibility index (Phi) is 5.57. The molecule has 1 amide bonds. The summed E-state index contributed by atoms with van der Waals surface area (Å²) in [6.45, 7) is 5.52. The molecule has 8 heteroatoms. The van der Waals surface area contributed by atoms with Gasteiger partial charge in [-0.05, 0) is 31.0 Å². The number of nitrogens with zero attached hydrogens (tertiary/aromatic N) is 5. The zero-order chi connectivity index (χ0) is 19.5. The molecule has 1 aromatic carbocycles. The van der Waals surface area contributed by atoms with Gasteiger partial charge in [0.2, 0.25) is 10.9 Å². The molecule has 4 rings (SSSR count). The molecular formula is C20H25N5O2S. The molecule has 0 unspecified atom stereocenters. The van der Waals surface area contributed by atoms with Crippen molar-refractivity contribution in [1.82, 2.24) is 24.7 Å². The molecule has 0 radical (unpaired) electrons. The summed E-state index contributed by atoms with van der Waals surface area (Å²) < 4.78 is 7.87. The van der Waals surface area contributed by atoms with Gasteiger partial charge in [-0.3, -0.25) is 4.79 Å². The lowest BCUT2D eigenvalue weighted by atomic mass is 10.1. The molecule has 28 heavy (non-hydrogen) atoms. The van der Waals surface area contributed by atoms with Crippen molar-refractivity contribution in [3.8, 4) is 5.75 Å². The highest BCUT2D eigenvalue weighted by molar-refractivity contribution is 7.16. The first kappa shape index (κ1) is 18.9. The molecule has 0 spiro atoms. The van der Waals surface area contributed by atoms with Crippen LogP contribution in [0.15, 0.2) is 24.3 Å². The van der Waals surface area contributed by atoms with E-state index in [9.17, 15) is 4.79 Å². The molecule has 7 nitrogen and oxygen atoms in total. The Morgan fingerprint density at radius 3 is 2.86 bits per heavy atom. The van der Waals surface area contributed by atoms with Crippen molar-refractivity contribution in [3.63, 3.8) is 0 Å². The maximum absolute atomic E-state index is 12.6. The molecule has 2 aromatic heterocycles. The van der Waals surface area contributed by atoms with Crippen LogP contribution < -0.4 is 4.74 Å². The predicted octanol–water partition coefficient (Wildman–Crippen LogP) is 3.06. The van der Waals surface area contributed by atoms with Gasteiger partial charge in [-0.25, -0.2) is 0 Å². The van der Waals surface area contributed by atoms with Gasteiger partial charge in [0.05, 0.1) is 0 Å². The number of likely N-dealkylation sites (tertiary alicyclic amines) is 1. The van der Waals surface area contributed by atoms with Crippen molar-refractivity contribution in [2.75, 3.05) is 13.1 Å². The number of carbonyl (C=O) groups excluding carboxylic acids is 1. The van der Waals surface area contributed by atoms with Crippen LogP contribution in [0, 0.1) is 6.92 Å². The van der Waals surface area contributed by atoms with E-state index in [1.807, 2.05) is 24.0 Å². The molecule has 1 saturated heterocycles. The number of rotatable bonds is 6. The van der Waals surface area contributed by atoms with Crippen LogP contribution in [0.3, 0.4) is 0 Å². The SMILES string of the molecule is CCc1cccc(OC2CCN(C(=O)CCc3nn4c(C)nnc4s3)CC2)c1. The summed E-state index contributed by atoms with van der Waals surface area (Å²) in [6, 6.07) is 8.28. The first-order valence-electron chi connectivity index (χ1n) is 9.83. The van der Waals surface area contributed by atoms with E-state index >= 15 is 0 Å². The van der Waals surface area contributed by atoms with Crippen LogP contribution in [0.4, 0.5) is 0 Å². The average molecular weight is 400 g/mol. The Morgan fingerprint density at radius 2 is 2.11 bits per heavy atom. The van der Waals surface area contributed by atoms with Gasteiger partial charge in [0.1, 0.15) is 16.9 Å².